The first-order valence-electron chi connectivity index (χ1n) is 5.97. The predicted octanol–water partition coefficient (Wildman–Crippen LogP) is 2.10. The Morgan fingerprint density at radius 2 is 2.39 bits per heavy atom. The quantitative estimate of drug-likeness (QED) is 0.849. The number of benzene rings is 1. The summed E-state index contributed by atoms with van der Waals surface area (Å²) in [6.07, 6.45) is 0.899. The smallest absolute Gasteiger partial charge is 0.173 e. The highest BCUT2D eigenvalue weighted by Crippen LogP contribution is 2.28. The van der Waals surface area contributed by atoms with Gasteiger partial charge in [-0.15, -0.1) is 0 Å². The molecule has 0 aliphatic carbocycles. The summed E-state index contributed by atoms with van der Waals surface area (Å²) in [6, 6.07) is 5.00. The Balaban J connectivity index is 2.08. The van der Waals surface area contributed by atoms with Crippen LogP contribution in [0.2, 0.25) is 0 Å². The number of thiocarbonyl (C=S) groups is 1. The van der Waals surface area contributed by atoms with Gasteiger partial charge in [0.1, 0.15) is 5.82 Å². The summed E-state index contributed by atoms with van der Waals surface area (Å²) in [5.74, 6) is -0.228. The van der Waals surface area contributed by atoms with E-state index in [0.717, 1.165) is 24.2 Å². The zero-order valence-electron chi connectivity index (χ0n) is 10.6. The molecule has 2 rings (SSSR count). The van der Waals surface area contributed by atoms with E-state index in [1.54, 1.807) is 7.11 Å². The summed E-state index contributed by atoms with van der Waals surface area (Å²) in [4.78, 5) is 1.94. The molecule has 1 aliphatic heterocycles. The largest absolute Gasteiger partial charge is 0.383 e. The Labute approximate surface area is 112 Å². The van der Waals surface area contributed by atoms with Gasteiger partial charge < -0.3 is 15.0 Å². The van der Waals surface area contributed by atoms with Gasteiger partial charge in [0.05, 0.1) is 6.61 Å². The van der Waals surface area contributed by atoms with E-state index in [4.69, 9.17) is 17.0 Å². The first-order chi connectivity index (χ1) is 8.61. The monoisotopic (exact) mass is 268 g/mol. The average Bonchev–Trinajstić information content (AvgIpc) is 2.71. The van der Waals surface area contributed by atoms with E-state index < -0.39 is 0 Å². The number of rotatable bonds is 3. The predicted molar refractivity (Wildman–Crippen MR) is 74.5 cm³/mol. The van der Waals surface area contributed by atoms with Crippen molar-refractivity contribution in [2.45, 2.75) is 19.4 Å². The van der Waals surface area contributed by atoms with Gasteiger partial charge in [0, 0.05) is 25.4 Å². The van der Waals surface area contributed by atoms with Crippen molar-refractivity contribution in [3.63, 3.8) is 0 Å². The molecule has 0 saturated heterocycles. The van der Waals surface area contributed by atoms with Gasteiger partial charge in [-0.3, -0.25) is 0 Å². The van der Waals surface area contributed by atoms with E-state index in [1.165, 1.54) is 12.1 Å². The molecule has 98 valence electrons. The maximum Gasteiger partial charge on any atom is 0.173 e. The molecular weight excluding hydrogens is 251 g/mol. The van der Waals surface area contributed by atoms with Crippen LogP contribution in [0.4, 0.5) is 10.1 Å². The molecule has 1 aromatic carbocycles. The fourth-order valence-corrected chi connectivity index (χ4v) is 2.53. The van der Waals surface area contributed by atoms with Gasteiger partial charge in [-0.25, -0.2) is 4.39 Å². The van der Waals surface area contributed by atoms with Crippen molar-refractivity contribution in [1.82, 2.24) is 5.32 Å². The lowest BCUT2D eigenvalue weighted by atomic mass is 10.2. The van der Waals surface area contributed by atoms with E-state index in [9.17, 15) is 4.39 Å². The molecule has 0 spiro atoms. The molecule has 1 aliphatic rings. The summed E-state index contributed by atoms with van der Waals surface area (Å²) < 4.78 is 18.3. The third-order valence-electron chi connectivity index (χ3n) is 2.97. The Morgan fingerprint density at radius 3 is 3.11 bits per heavy atom. The standard InChI is InChI=1S/C13H17FN2OS/c1-9(8-17-2)15-13(18)16-6-5-10-3-4-11(14)7-12(10)16/h3-4,7,9H,5-6,8H2,1-2H3,(H,15,18). The lowest BCUT2D eigenvalue weighted by Crippen LogP contribution is -2.44. The second kappa shape index (κ2) is 5.63. The molecule has 1 aromatic rings. The lowest BCUT2D eigenvalue weighted by molar-refractivity contribution is 0.179. The van der Waals surface area contributed by atoms with E-state index in [0.29, 0.717) is 11.7 Å². The number of hydrogen-bond donors (Lipinski definition) is 1. The second-order valence-electron chi connectivity index (χ2n) is 4.48. The number of ether oxygens (including phenoxy) is 1. The van der Waals surface area contributed by atoms with Gasteiger partial charge in [0.15, 0.2) is 5.11 Å². The third kappa shape index (κ3) is 2.79. The molecule has 0 saturated carbocycles. The number of hydrogen-bond acceptors (Lipinski definition) is 2. The van der Waals surface area contributed by atoms with Crippen LogP contribution in [-0.4, -0.2) is 31.4 Å². The van der Waals surface area contributed by atoms with Crippen molar-refractivity contribution in [1.29, 1.82) is 0 Å². The summed E-state index contributed by atoms with van der Waals surface area (Å²) in [5, 5.41) is 3.82. The van der Waals surface area contributed by atoms with Crippen LogP contribution in [0, 0.1) is 5.82 Å². The van der Waals surface area contributed by atoms with Crippen LogP contribution in [-0.2, 0) is 11.2 Å². The number of anilines is 1. The minimum Gasteiger partial charge on any atom is -0.383 e. The SMILES string of the molecule is COCC(C)NC(=S)N1CCc2ccc(F)cc21. The maximum absolute atomic E-state index is 13.3. The zero-order chi connectivity index (χ0) is 13.1. The highest BCUT2D eigenvalue weighted by Gasteiger charge is 2.23. The summed E-state index contributed by atoms with van der Waals surface area (Å²) in [5.41, 5.74) is 2.01. The molecule has 3 nitrogen and oxygen atoms in total. The molecule has 5 heteroatoms. The average molecular weight is 268 g/mol. The molecule has 1 N–H and O–H groups in total. The Hall–Kier alpha value is -1.20. The van der Waals surface area contributed by atoms with Crippen molar-refractivity contribution in [2.24, 2.45) is 0 Å². The summed E-state index contributed by atoms with van der Waals surface area (Å²) in [6.45, 7) is 3.38. The van der Waals surface area contributed by atoms with Crippen LogP contribution < -0.4 is 10.2 Å². The van der Waals surface area contributed by atoms with Crippen molar-refractivity contribution in [2.75, 3.05) is 25.2 Å². The molecule has 1 unspecified atom stereocenters. The van der Waals surface area contributed by atoms with Crippen LogP contribution in [0.1, 0.15) is 12.5 Å². The first-order valence-corrected chi connectivity index (χ1v) is 6.38. The molecule has 1 atom stereocenters. The van der Waals surface area contributed by atoms with Gasteiger partial charge >= 0.3 is 0 Å². The molecule has 1 heterocycles. The molecule has 0 amide bonds. The topological polar surface area (TPSA) is 24.5 Å². The van der Waals surface area contributed by atoms with Gasteiger partial charge in [-0.2, -0.15) is 0 Å². The second-order valence-corrected chi connectivity index (χ2v) is 4.87. The van der Waals surface area contributed by atoms with Crippen LogP contribution >= 0.6 is 12.2 Å². The van der Waals surface area contributed by atoms with E-state index in [1.807, 2.05) is 17.9 Å². The number of nitrogens with one attached hydrogen (secondary N) is 1. The molecule has 0 bridgehead atoms. The highest BCUT2D eigenvalue weighted by atomic mass is 32.1. The zero-order valence-corrected chi connectivity index (χ0v) is 11.4. The minimum atomic E-state index is -0.228. The minimum absolute atomic E-state index is 0.139. The normalized spacial score (nSPS) is 15.4. The summed E-state index contributed by atoms with van der Waals surface area (Å²) >= 11 is 5.36. The van der Waals surface area contributed by atoms with Crippen molar-refractivity contribution in [3.8, 4) is 0 Å². The number of methoxy groups -OCH3 is 1. The summed E-state index contributed by atoms with van der Waals surface area (Å²) in [7, 11) is 1.65. The Morgan fingerprint density at radius 1 is 1.61 bits per heavy atom. The molecule has 0 aromatic heterocycles. The molecule has 0 radical (unpaired) electrons. The van der Waals surface area contributed by atoms with Gasteiger partial charge in [-0.1, -0.05) is 6.07 Å². The van der Waals surface area contributed by atoms with Gasteiger partial charge in [-0.05, 0) is 43.3 Å². The highest BCUT2D eigenvalue weighted by molar-refractivity contribution is 7.80. The van der Waals surface area contributed by atoms with Crippen molar-refractivity contribution >= 4 is 23.0 Å². The fraction of sp³-hybridized carbons (Fsp3) is 0.462. The van der Waals surface area contributed by atoms with Crippen molar-refractivity contribution in [3.05, 3.63) is 29.6 Å². The number of nitrogens with zero attached hydrogens (tertiary/aromatic N) is 1. The van der Waals surface area contributed by atoms with Crippen LogP contribution in [0.15, 0.2) is 18.2 Å². The number of halogens is 1. The van der Waals surface area contributed by atoms with Crippen LogP contribution in [0.25, 0.3) is 0 Å². The molecule has 0 fully saturated rings. The van der Waals surface area contributed by atoms with Crippen LogP contribution in [0.5, 0.6) is 0 Å². The molecular formula is C13H17FN2OS. The maximum atomic E-state index is 13.3. The third-order valence-corrected chi connectivity index (χ3v) is 3.31. The molecule has 18 heavy (non-hydrogen) atoms. The fourth-order valence-electron chi connectivity index (χ4n) is 2.14. The van der Waals surface area contributed by atoms with Crippen molar-refractivity contribution < 1.29 is 9.13 Å². The number of fused-ring (bicyclic) bond motifs is 1. The first kappa shape index (κ1) is 13.2. The van der Waals surface area contributed by atoms with Gasteiger partial charge in [0.25, 0.3) is 0 Å². The van der Waals surface area contributed by atoms with E-state index in [2.05, 4.69) is 5.32 Å². The Kier molecular flexibility index (Phi) is 4.14. The van der Waals surface area contributed by atoms with Crippen LogP contribution in [0.3, 0.4) is 0 Å². The van der Waals surface area contributed by atoms with E-state index >= 15 is 0 Å². The van der Waals surface area contributed by atoms with E-state index in [-0.39, 0.29) is 11.9 Å². The van der Waals surface area contributed by atoms with Gasteiger partial charge in [0.2, 0.25) is 0 Å². The Bertz CT molecular complexity index is 453. The lowest BCUT2D eigenvalue weighted by Gasteiger charge is -2.24.